The Hall–Kier alpha value is -0.650. The number of nitrogens with zero attached hydrogens (tertiary/aromatic N) is 2. The van der Waals surface area contributed by atoms with Crippen LogP contribution in [-0.4, -0.2) is 37.3 Å². The molecule has 17 heavy (non-hydrogen) atoms. The van der Waals surface area contributed by atoms with Crippen molar-refractivity contribution in [2.24, 2.45) is 0 Å². The van der Waals surface area contributed by atoms with E-state index >= 15 is 0 Å². The summed E-state index contributed by atoms with van der Waals surface area (Å²) in [6.07, 6.45) is 0. The number of anilines is 1. The normalized spacial score (nSPS) is 21.5. The molecule has 1 aliphatic heterocycles. The van der Waals surface area contributed by atoms with Crippen LogP contribution in [0.2, 0.25) is 0 Å². The van der Waals surface area contributed by atoms with Crippen LogP contribution in [0.3, 0.4) is 0 Å². The standard InChI is InChI=1S/C12H21N3OS/c1-9(13-4)10-7-17-11(14-10)15-5-6-16-8-12(15,2)3/h7,9,13H,5-6,8H2,1-4H3. The van der Waals surface area contributed by atoms with Crippen molar-refractivity contribution >= 4 is 16.5 Å². The molecule has 0 amide bonds. The molecule has 96 valence electrons. The van der Waals surface area contributed by atoms with Crippen LogP contribution >= 0.6 is 11.3 Å². The Balaban J connectivity index is 2.18. The van der Waals surface area contributed by atoms with Gasteiger partial charge in [0, 0.05) is 18.0 Å². The number of ether oxygens (including phenoxy) is 1. The van der Waals surface area contributed by atoms with Gasteiger partial charge in [-0.15, -0.1) is 11.3 Å². The van der Waals surface area contributed by atoms with Gasteiger partial charge in [0.1, 0.15) is 0 Å². The second kappa shape index (κ2) is 4.92. The predicted octanol–water partition coefficient (Wildman–Crippen LogP) is 2.04. The summed E-state index contributed by atoms with van der Waals surface area (Å²) in [4.78, 5) is 7.08. The molecule has 0 bridgehead atoms. The summed E-state index contributed by atoms with van der Waals surface area (Å²) in [6, 6.07) is 0.309. The number of hydrogen-bond donors (Lipinski definition) is 1. The first-order chi connectivity index (χ1) is 8.04. The molecule has 0 saturated carbocycles. The van der Waals surface area contributed by atoms with Gasteiger partial charge in [-0.25, -0.2) is 4.98 Å². The average molecular weight is 255 g/mol. The molecule has 4 nitrogen and oxygen atoms in total. The van der Waals surface area contributed by atoms with E-state index in [9.17, 15) is 0 Å². The lowest BCUT2D eigenvalue weighted by molar-refractivity contribution is 0.0643. The highest BCUT2D eigenvalue weighted by Crippen LogP contribution is 2.31. The Bertz CT molecular complexity index is 378. The van der Waals surface area contributed by atoms with Gasteiger partial charge in [0.25, 0.3) is 0 Å². The fraction of sp³-hybridized carbons (Fsp3) is 0.750. The minimum atomic E-state index is 0.0380. The molecule has 0 aromatic carbocycles. The van der Waals surface area contributed by atoms with Crippen molar-refractivity contribution in [3.8, 4) is 0 Å². The van der Waals surface area contributed by atoms with Crippen LogP contribution in [0.1, 0.15) is 32.5 Å². The van der Waals surface area contributed by atoms with Crippen molar-refractivity contribution in [3.63, 3.8) is 0 Å². The average Bonchev–Trinajstić information content (AvgIpc) is 2.76. The zero-order valence-corrected chi connectivity index (χ0v) is 11.8. The summed E-state index contributed by atoms with van der Waals surface area (Å²) in [6.45, 7) is 9.02. The van der Waals surface area contributed by atoms with Crippen molar-refractivity contribution in [1.29, 1.82) is 0 Å². The van der Waals surface area contributed by atoms with Gasteiger partial charge in [0.15, 0.2) is 5.13 Å². The van der Waals surface area contributed by atoms with Crippen LogP contribution < -0.4 is 10.2 Å². The highest BCUT2D eigenvalue weighted by molar-refractivity contribution is 7.13. The molecular weight excluding hydrogens is 234 g/mol. The van der Waals surface area contributed by atoms with E-state index in [-0.39, 0.29) is 5.54 Å². The third-order valence-electron chi connectivity index (χ3n) is 3.26. The summed E-state index contributed by atoms with van der Waals surface area (Å²) < 4.78 is 5.53. The zero-order valence-electron chi connectivity index (χ0n) is 11.0. The summed E-state index contributed by atoms with van der Waals surface area (Å²) in [7, 11) is 1.96. The molecule has 2 rings (SSSR count). The molecule has 1 N–H and O–H groups in total. The molecule has 5 heteroatoms. The number of morpholine rings is 1. The summed E-state index contributed by atoms with van der Waals surface area (Å²) in [5.41, 5.74) is 1.16. The van der Waals surface area contributed by atoms with Gasteiger partial charge in [-0.3, -0.25) is 0 Å². The number of nitrogens with one attached hydrogen (secondary N) is 1. The first-order valence-corrected chi connectivity index (χ1v) is 6.90. The summed E-state index contributed by atoms with van der Waals surface area (Å²) >= 11 is 1.72. The molecule has 1 aromatic rings. The minimum Gasteiger partial charge on any atom is -0.377 e. The maximum Gasteiger partial charge on any atom is 0.186 e. The Morgan fingerprint density at radius 1 is 1.59 bits per heavy atom. The second-order valence-electron chi connectivity index (χ2n) is 5.08. The monoisotopic (exact) mass is 255 g/mol. The van der Waals surface area contributed by atoms with Crippen LogP contribution in [0.25, 0.3) is 0 Å². The zero-order chi connectivity index (χ0) is 12.5. The first-order valence-electron chi connectivity index (χ1n) is 6.02. The quantitative estimate of drug-likeness (QED) is 0.897. The van der Waals surface area contributed by atoms with E-state index in [0.717, 1.165) is 30.6 Å². The van der Waals surface area contributed by atoms with E-state index in [4.69, 9.17) is 9.72 Å². The van der Waals surface area contributed by atoms with Crippen LogP contribution in [-0.2, 0) is 4.74 Å². The fourth-order valence-corrected chi connectivity index (χ4v) is 3.07. The van der Waals surface area contributed by atoms with Crippen LogP contribution in [0, 0.1) is 0 Å². The lowest BCUT2D eigenvalue weighted by atomic mass is 10.0. The summed E-state index contributed by atoms with van der Waals surface area (Å²) in [5.74, 6) is 0. The predicted molar refractivity (Wildman–Crippen MR) is 71.8 cm³/mol. The molecular formula is C12H21N3OS. The lowest BCUT2D eigenvalue weighted by Gasteiger charge is -2.42. The number of hydrogen-bond acceptors (Lipinski definition) is 5. The van der Waals surface area contributed by atoms with Gasteiger partial charge in [-0.2, -0.15) is 0 Å². The fourth-order valence-electron chi connectivity index (χ4n) is 1.96. The minimum absolute atomic E-state index is 0.0380. The van der Waals surface area contributed by atoms with Gasteiger partial charge in [-0.1, -0.05) is 0 Å². The van der Waals surface area contributed by atoms with Gasteiger partial charge in [0.2, 0.25) is 0 Å². The summed E-state index contributed by atoms with van der Waals surface area (Å²) in [5, 5.41) is 6.47. The molecule has 1 unspecified atom stereocenters. The Morgan fingerprint density at radius 2 is 2.35 bits per heavy atom. The molecule has 1 aliphatic rings. The SMILES string of the molecule is CNC(C)c1csc(N2CCOCC2(C)C)n1. The van der Waals surface area contributed by atoms with Crippen molar-refractivity contribution in [3.05, 3.63) is 11.1 Å². The molecule has 2 heterocycles. The Labute approximate surface area is 107 Å². The van der Waals surface area contributed by atoms with Gasteiger partial charge in [0.05, 0.1) is 24.4 Å². The van der Waals surface area contributed by atoms with Crippen molar-refractivity contribution in [2.45, 2.75) is 32.4 Å². The number of thiazole rings is 1. The van der Waals surface area contributed by atoms with E-state index in [2.05, 4.69) is 36.4 Å². The molecule has 1 aromatic heterocycles. The molecule has 1 atom stereocenters. The van der Waals surface area contributed by atoms with Crippen LogP contribution in [0.5, 0.6) is 0 Å². The maximum absolute atomic E-state index is 5.53. The van der Waals surface area contributed by atoms with Crippen LogP contribution in [0.4, 0.5) is 5.13 Å². The third kappa shape index (κ3) is 2.61. The third-order valence-corrected chi connectivity index (χ3v) is 4.14. The smallest absolute Gasteiger partial charge is 0.186 e. The van der Waals surface area contributed by atoms with Crippen LogP contribution in [0.15, 0.2) is 5.38 Å². The lowest BCUT2D eigenvalue weighted by Crippen LogP contribution is -2.53. The molecule has 1 saturated heterocycles. The van der Waals surface area contributed by atoms with Crippen molar-refractivity contribution in [1.82, 2.24) is 10.3 Å². The second-order valence-corrected chi connectivity index (χ2v) is 5.92. The maximum atomic E-state index is 5.53. The van der Waals surface area contributed by atoms with E-state index in [1.54, 1.807) is 11.3 Å². The Morgan fingerprint density at radius 3 is 3.00 bits per heavy atom. The molecule has 0 radical (unpaired) electrons. The molecule has 0 aliphatic carbocycles. The van der Waals surface area contributed by atoms with Gasteiger partial charge >= 0.3 is 0 Å². The largest absolute Gasteiger partial charge is 0.377 e. The van der Waals surface area contributed by atoms with E-state index in [1.807, 2.05) is 7.05 Å². The van der Waals surface area contributed by atoms with Crippen molar-refractivity contribution in [2.75, 3.05) is 31.7 Å². The highest BCUT2D eigenvalue weighted by Gasteiger charge is 2.32. The first kappa shape index (κ1) is 12.8. The van der Waals surface area contributed by atoms with E-state index < -0.39 is 0 Å². The van der Waals surface area contributed by atoms with Gasteiger partial charge in [-0.05, 0) is 27.8 Å². The molecule has 0 spiro atoms. The van der Waals surface area contributed by atoms with E-state index in [0.29, 0.717) is 6.04 Å². The number of rotatable bonds is 3. The molecule has 1 fully saturated rings. The van der Waals surface area contributed by atoms with Crippen molar-refractivity contribution < 1.29 is 4.74 Å². The highest BCUT2D eigenvalue weighted by atomic mass is 32.1. The van der Waals surface area contributed by atoms with E-state index in [1.165, 1.54) is 0 Å². The topological polar surface area (TPSA) is 37.4 Å². The Kier molecular flexibility index (Phi) is 3.70. The van der Waals surface area contributed by atoms with Gasteiger partial charge < -0.3 is 15.0 Å². The number of aromatic nitrogens is 1.